The van der Waals surface area contributed by atoms with Crippen LogP contribution in [0, 0.1) is 0 Å². The Morgan fingerprint density at radius 1 is 1.38 bits per heavy atom. The standard InChI is InChI=1S/C5H8O2S/c6-5(7)8-3-1-2-4-8/h1-4H2. The third-order valence-corrected chi connectivity index (χ3v) is 3.30. The fourth-order valence-electron chi connectivity index (χ4n) is 0.821. The molecule has 0 aromatic rings. The number of carboxylic acid groups (broad SMARTS) is 1. The molecule has 0 aromatic carbocycles. The van der Waals surface area contributed by atoms with Crippen molar-refractivity contribution in [2.24, 2.45) is 0 Å². The summed E-state index contributed by atoms with van der Waals surface area (Å²) in [6.45, 7) is 0. The summed E-state index contributed by atoms with van der Waals surface area (Å²) in [6, 6.07) is 0. The van der Waals surface area contributed by atoms with E-state index in [4.69, 9.17) is 0 Å². The predicted octanol–water partition coefficient (Wildman–Crippen LogP) is -0.258. The quantitative estimate of drug-likeness (QED) is 0.426. The molecule has 0 aliphatic carbocycles. The molecule has 1 fully saturated rings. The first kappa shape index (κ1) is 5.95. The van der Waals surface area contributed by atoms with E-state index in [1.54, 1.807) is 0 Å². The van der Waals surface area contributed by atoms with Gasteiger partial charge in [0, 0.05) is 10.9 Å². The molecule has 1 aliphatic heterocycles. The lowest BCUT2D eigenvalue weighted by Gasteiger charge is -1.95. The zero-order valence-electron chi connectivity index (χ0n) is 4.55. The van der Waals surface area contributed by atoms with E-state index < -0.39 is 5.30 Å². The first-order valence-electron chi connectivity index (χ1n) is 2.69. The molecule has 2 nitrogen and oxygen atoms in total. The second-order valence-electron chi connectivity index (χ2n) is 1.86. The van der Waals surface area contributed by atoms with E-state index >= 15 is 0 Å². The zero-order valence-corrected chi connectivity index (χ0v) is 5.37. The molecule has 0 aromatic heterocycles. The molecule has 0 amide bonds. The lowest BCUT2D eigenvalue weighted by atomic mass is 10.4. The molecule has 0 saturated carbocycles. The van der Waals surface area contributed by atoms with Gasteiger partial charge >= 0.3 is 0 Å². The van der Waals surface area contributed by atoms with Crippen LogP contribution in [-0.4, -0.2) is 16.8 Å². The van der Waals surface area contributed by atoms with Crippen LogP contribution in [0.15, 0.2) is 0 Å². The summed E-state index contributed by atoms with van der Waals surface area (Å²) in [7, 11) is -0.373. The molecule has 1 heterocycles. The van der Waals surface area contributed by atoms with Gasteiger partial charge in [-0.15, -0.1) is 0 Å². The van der Waals surface area contributed by atoms with Crippen LogP contribution >= 0.6 is 0 Å². The van der Waals surface area contributed by atoms with E-state index in [1.165, 1.54) is 0 Å². The second kappa shape index (κ2) is 2.40. The monoisotopic (exact) mass is 132 g/mol. The minimum atomic E-state index is -0.831. The molecule has 0 spiro atoms. The van der Waals surface area contributed by atoms with Crippen molar-refractivity contribution < 1.29 is 9.90 Å². The van der Waals surface area contributed by atoms with E-state index in [1.807, 2.05) is 0 Å². The summed E-state index contributed by atoms with van der Waals surface area (Å²) in [5.74, 6) is 1.73. The van der Waals surface area contributed by atoms with Crippen molar-refractivity contribution in [2.75, 3.05) is 11.5 Å². The first-order chi connectivity index (χ1) is 3.80. The van der Waals surface area contributed by atoms with Crippen molar-refractivity contribution >= 4 is 16.2 Å². The Hall–Kier alpha value is -0.180. The Balaban J connectivity index is 2.35. The molecule has 0 N–H and O–H groups in total. The van der Waals surface area contributed by atoms with Crippen molar-refractivity contribution in [3.05, 3.63) is 0 Å². The van der Waals surface area contributed by atoms with E-state index in [0.29, 0.717) is 0 Å². The minimum absolute atomic E-state index is 0.373. The summed E-state index contributed by atoms with van der Waals surface area (Å²) in [6.07, 6.45) is 2.16. The number of carbonyl (C=O) groups excluding carboxylic acids is 1. The maximum absolute atomic E-state index is 10.1. The topological polar surface area (TPSA) is 40.1 Å². The number of carbonyl (C=O) groups is 1. The average Bonchev–Trinajstić information content (AvgIpc) is 2.12. The highest BCUT2D eigenvalue weighted by Crippen LogP contribution is 2.12. The smallest absolute Gasteiger partial charge is 0.273 e. The van der Waals surface area contributed by atoms with Crippen LogP contribution in [0.25, 0.3) is 0 Å². The number of rotatable bonds is 0. The highest BCUT2D eigenvalue weighted by atomic mass is 32.2. The first-order valence-corrected chi connectivity index (χ1v) is 4.25. The van der Waals surface area contributed by atoms with Crippen molar-refractivity contribution in [2.45, 2.75) is 12.8 Å². The highest BCUT2D eigenvalue weighted by molar-refractivity contribution is 8.10. The van der Waals surface area contributed by atoms with Gasteiger partial charge in [-0.2, -0.15) is 0 Å². The Morgan fingerprint density at radius 2 is 1.88 bits per heavy atom. The predicted molar refractivity (Wildman–Crippen MR) is 31.7 cm³/mol. The molecule has 0 bridgehead atoms. The van der Waals surface area contributed by atoms with Crippen LogP contribution < -0.4 is 5.11 Å². The fraction of sp³-hybridized carbons (Fsp3) is 0.800. The van der Waals surface area contributed by atoms with Gasteiger partial charge in [0.25, 0.3) is 5.30 Å². The second-order valence-corrected chi connectivity index (χ2v) is 3.99. The molecule has 1 rings (SSSR count). The van der Waals surface area contributed by atoms with Gasteiger partial charge in [-0.05, 0) is 12.8 Å². The van der Waals surface area contributed by atoms with Crippen LogP contribution in [0.5, 0.6) is 0 Å². The van der Waals surface area contributed by atoms with E-state index in [-0.39, 0.29) is 10.9 Å². The Bertz CT molecular complexity index is 96.6. The van der Waals surface area contributed by atoms with Crippen molar-refractivity contribution in [3.63, 3.8) is 0 Å². The molecule has 46 valence electrons. The summed E-state index contributed by atoms with van der Waals surface area (Å²) in [5, 5.41) is 9.27. The third-order valence-electron chi connectivity index (χ3n) is 1.27. The number of hydrogen-bond acceptors (Lipinski definition) is 2. The van der Waals surface area contributed by atoms with Crippen LogP contribution in [0.4, 0.5) is 4.79 Å². The maximum Gasteiger partial charge on any atom is 0.273 e. The van der Waals surface area contributed by atoms with Gasteiger partial charge in [0.1, 0.15) is 11.5 Å². The molecule has 1 saturated heterocycles. The molecule has 0 atom stereocenters. The van der Waals surface area contributed by atoms with Gasteiger partial charge in [0.15, 0.2) is 0 Å². The van der Waals surface area contributed by atoms with Gasteiger partial charge in [-0.25, -0.2) is 0 Å². The molecule has 0 radical (unpaired) electrons. The Kier molecular flexibility index (Phi) is 1.78. The number of hydrogen-bond donors (Lipinski definition) is 0. The van der Waals surface area contributed by atoms with Crippen LogP contribution in [0.2, 0.25) is 0 Å². The van der Waals surface area contributed by atoms with Gasteiger partial charge in [-0.1, -0.05) is 0 Å². The van der Waals surface area contributed by atoms with Crippen molar-refractivity contribution in [1.29, 1.82) is 0 Å². The lowest BCUT2D eigenvalue weighted by Crippen LogP contribution is -2.31. The highest BCUT2D eigenvalue weighted by Gasteiger charge is 2.25. The lowest BCUT2D eigenvalue weighted by molar-refractivity contribution is -0.233. The molecule has 0 unspecified atom stereocenters. The van der Waals surface area contributed by atoms with Crippen LogP contribution in [0.3, 0.4) is 0 Å². The largest absolute Gasteiger partial charge is 0.504 e. The maximum atomic E-state index is 10.1. The van der Waals surface area contributed by atoms with Crippen LogP contribution in [0.1, 0.15) is 12.8 Å². The SMILES string of the molecule is O=C([O-])[S+]1CCCC1. The van der Waals surface area contributed by atoms with Gasteiger partial charge < -0.3 is 9.90 Å². The third kappa shape index (κ3) is 1.15. The fourth-order valence-corrected chi connectivity index (χ4v) is 2.46. The summed E-state index contributed by atoms with van der Waals surface area (Å²) in [4.78, 5) is 10.1. The van der Waals surface area contributed by atoms with Crippen LogP contribution in [-0.2, 0) is 10.9 Å². The molecular weight excluding hydrogens is 124 g/mol. The van der Waals surface area contributed by atoms with Crippen molar-refractivity contribution in [3.8, 4) is 0 Å². The Morgan fingerprint density at radius 3 is 2.12 bits per heavy atom. The summed E-state index contributed by atoms with van der Waals surface area (Å²) < 4.78 is 0. The summed E-state index contributed by atoms with van der Waals surface area (Å²) >= 11 is 0. The van der Waals surface area contributed by atoms with E-state index in [0.717, 1.165) is 24.3 Å². The molecular formula is C5H8O2S. The minimum Gasteiger partial charge on any atom is -0.504 e. The van der Waals surface area contributed by atoms with E-state index in [2.05, 4.69) is 0 Å². The van der Waals surface area contributed by atoms with E-state index in [9.17, 15) is 9.90 Å². The van der Waals surface area contributed by atoms with Gasteiger partial charge in [0.2, 0.25) is 0 Å². The van der Waals surface area contributed by atoms with Gasteiger partial charge in [0.05, 0.1) is 0 Å². The molecule has 3 heteroatoms. The average molecular weight is 132 g/mol. The molecule has 8 heavy (non-hydrogen) atoms. The van der Waals surface area contributed by atoms with Crippen molar-refractivity contribution in [1.82, 2.24) is 0 Å². The summed E-state index contributed by atoms with van der Waals surface area (Å²) in [5.41, 5.74) is 0. The van der Waals surface area contributed by atoms with Gasteiger partial charge in [-0.3, -0.25) is 0 Å². The molecule has 1 aliphatic rings. The zero-order chi connectivity index (χ0) is 5.98. The Labute approximate surface area is 51.2 Å². The normalized spacial score (nSPS) is 21.5.